The lowest BCUT2D eigenvalue weighted by molar-refractivity contribution is -0.383. The molecule has 6 nitrogen and oxygen atoms in total. The molecule has 2 aromatic heterocycles. The molecule has 0 unspecified atom stereocenters. The van der Waals surface area contributed by atoms with Gasteiger partial charge in [0.2, 0.25) is 0 Å². The quantitative estimate of drug-likeness (QED) is 0.588. The van der Waals surface area contributed by atoms with Crippen LogP contribution in [0, 0.1) is 10.1 Å². The number of hydrogen-bond donors (Lipinski definition) is 1. The van der Waals surface area contributed by atoms with Crippen LogP contribution in [0.15, 0.2) is 41.4 Å². The summed E-state index contributed by atoms with van der Waals surface area (Å²) in [5, 5.41) is 16.9. The molecular formula is C13H10N4O2S. The third-order valence-electron chi connectivity index (χ3n) is 2.89. The molecule has 7 heteroatoms. The summed E-state index contributed by atoms with van der Waals surface area (Å²) in [6, 6.07) is 6.74. The van der Waals surface area contributed by atoms with Crippen molar-refractivity contribution in [3.63, 3.8) is 0 Å². The van der Waals surface area contributed by atoms with Crippen LogP contribution in [0.25, 0.3) is 10.9 Å². The van der Waals surface area contributed by atoms with Gasteiger partial charge in [-0.25, -0.2) is 9.97 Å². The summed E-state index contributed by atoms with van der Waals surface area (Å²) in [5.74, 6) is 0. The van der Waals surface area contributed by atoms with E-state index in [1.807, 2.05) is 11.4 Å². The Morgan fingerprint density at radius 3 is 2.95 bits per heavy atom. The van der Waals surface area contributed by atoms with Crippen LogP contribution in [0.3, 0.4) is 0 Å². The maximum Gasteiger partial charge on any atom is 0.295 e. The number of non-ortho nitro benzene ring substituents is 1. The number of nitro groups is 1. The molecule has 1 aromatic carbocycles. The second-order valence-corrected chi connectivity index (χ2v) is 4.84. The number of anilines is 1. The van der Waals surface area contributed by atoms with Gasteiger partial charge in [0, 0.05) is 28.7 Å². The zero-order valence-electron chi connectivity index (χ0n) is 10.3. The first-order chi connectivity index (χ1) is 9.75. The van der Waals surface area contributed by atoms with Gasteiger partial charge >= 0.3 is 0 Å². The van der Waals surface area contributed by atoms with E-state index in [9.17, 15) is 10.1 Å². The Hall–Kier alpha value is -2.54. The number of nitro benzene ring substituents is 1. The van der Waals surface area contributed by atoms with E-state index >= 15 is 0 Å². The van der Waals surface area contributed by atoms with Crippen molar-refractivity contribution in [2.24, 2.45) is 0 Å². The lowest BCUT2D eigenvalue weighted by Crippen LogP contribution is -2.01. The standard InChI is InChI=1S/C13H10N4O2S/c18-17(19)12-3-1-2-10-11(4-5-14-13(10)12)15-6-9-7-20-8-16-9/h1-5,7-8H,6H2,(H,14,15). The lowest BCUT2D eigenvalue weighted by atomic mass is 10.1. The fraction of sp³-hybridized carbons (Fsp3) is 0.0769. The maximum absolute atomic E-state index is 11.0. The Balaban J connectivity index is 1.99. The minimum Gasteiger partial charge on any atom is -0.379 e. The molecule has 0 saturated heterocycles. The molecule has 0 aliphatic heterocycles. The fourth-order valence-corrected chi connectivity index (χ4v) is 2.53. The molecule has 3 rings (SSSR count). The van der Waals surface area contributed by atoms with Crippen LogP contribution < -0.4 is 5.32 Å². The molecule has 0 bridgehead atoms. The molecule has 0 saturated carbocycles. The minimum absolute atomic E-state index is 0.0137. The van der Waals surface area contributed by atoms with Crippen molar-refractivity contribution in [1.82, 2.24) is 9.97 Å². The van der Waals surface area contributed by atoms with Crippen molar-refractivity contribution in [1.29, 1.82) is 0 Å². The van der Waals surface area contributed by atoms with Crippen molar-refractivity contribution in [2.45, 2.75) is 6.54 Å². The summed E-state index contributed by atoms with van der Waals surface area (Å²) in [4.78, 5) is 18.9. The maximum atomic E-state index is 11.0. The predicted octanol–water partition coefficient (Wildman–Crippen LogP) is 3.21. The van der Waals surface area contributed by atoms with Gasteiger partial charge in [-0.15, -0.1) is 11.3 Å². The number of pyridine rings is 1. The van der Waals surface area contributed by atoms with Crippen molar-refractivity contribution in [3.05, 3.63) is 57.2 Å². The Morgan fingerprint density at radius 2 is 2.20 bits per heavy atom. The number of thiazole rings is 1. The SMILES string of the molecule is O=[N+]([O-])c1cccc2c(NCc3cscn3)ccnc12. The van der Waals surface area contributed by atoms with Crippen LogP contribution >= 0.6 is 11.3 Å². The summed E-state index contributed by atoms with van der Waals surface area (Å²) in [6.07, 6.45) is 1.57. The van der Waals surface area contributed by atoms with Gasteiger partial charge in [0.25, 0.3) is 5.69 Å². The molecule has 0 radical (unpaired) electrons. The van der Waals surface area contributed by atoms with Crippen LogP contribution in [0.4, 0.5) is 11.4 Å². The number of fused-ring (bicyclic) bond motifs is 1. The highest BCUT2D eigenvalue weighted by molar-refractivity contribution is 7.07. The van der Waals surface area contributed by atoms with Gasteiger partial charge in [-0.05, 0) is 6.07 Å². The summed E-state index contributed by atoms with van der Waals surface area (Å²) in [5.41, 5.74) is 3.92. The van der Waals surface area contributed by atoms with E-state index in [1.165, 1.54) is 17.4 Å². The Kier molecular flexibility index (Phi) is 3.26. The highest BCUT2D eigenvalue weighted by Crippen LogP contribution is 2.28. The van der Waals surface area contributed by atoms with Crippen LogP contribution in [-0.2, 0) is 6.54 Å². The van der Waals surface area contributed by atoms with E-state index in [4.69, 9.17) is 0 Å². The van der Waals surface area contributed by atoms with Crippen molar-refractivity contribution >= 4 is 33.6 Å². The molecule has 0 amide bonds. The first kappa shape index (κ1) is 12.5. The van der Waals surface area contributed by atoms with Crippen LogP contribution in [0.2, 0.25) is 0 Å². The number of aromatic nitrogens is 2. The molecule has 0 aliphatic rings. The predicted molar refractivity (Wildman–Crippen MR) is 77.8 cm³/mol. The van der Waals surface area contributed by atoms with Gasteiger partial charge < -0.3 is 5.32 Å². The van der Waals surface area contributed by atoms with Gasteiger partial charge in [0.15, 0.2) is 0 Å². The van der Waals surface area contributed by atoms with Gasteiger partial charge in [0.1, 0.15) is 5.52 Å². The number of nitrogens with one attached hydrogen (secondary N) is 1. The Labute approximate surface area is 118 Å². The number of hydrogen-bond acceptors (Lipinski definition) is 6. The molecule has 1 N–H and O–H groups in total. The highest BCUT2D eigenvalue weighted by Gasteiger charge is 2.14. The molecule has 3 aromatic rings. The van der Waals surface area contributed by atoms with E-state index in [-0.39, 0.29) is 5.69 Å². The summed E-state index contributed by atoms with van der Waals surface area (Å²) in [6.45, 7) is 0.575. The highest BCUT2D eigenvalue weighted by atomic mass is 32.1. The first-order valence-corrected chi connectivity index (χ1v) is 6.83. The second-order valence-electron chi connectivity index (χ2n) is 4.12. The Morgan fingerprint density at radius 1 is 1.30 bits per heavy atom. The molecule has 0 aliphatic carbocycles. The normalized spacial score (nSPS) is 10.6. The molecule has 0 fully saturated rings. The summed E-state index contributed by atoms with van der Waals surface area (Å²) in [7, 11) is 0. The summed E-state index contributed by atoms with van der Waals surface area (Å²) < 4.78 is 0. The zero-order chi connectivity index (χ0) is 13.9. The van der Waals surface area contributed by atoms with Crippen molar-refractivity contribution < 1.29 is 4.92 Å². The Bertz CT molecular complexity index is 758. The third kappa shape index (κ3) is 2.30. The fourth-order valence-electron chi connectivity index (χ4n) is 1.97. The molecule has 100 valence electrons. The van der Waals surface area contributed by atoms with Gasteiger partial charge in [-0.1, -0.05) is 12.1 Å². The van der Waals surface area contributed by atoms with Gasteiger partial charge in [-0.2, -0.15) is 0 Å². The van der Waals surface area contributed by atoms with Crippen molar-refractivity contribution in [2.75, 3.05) is 5.32 Å². The van der Waals surface area contributed by atoms with E-state index in [0.29, 0.717) is 12.1 Å². The lowest BCUT2D eigenvalue weighted by Gasteiger charge is -2.08. The monoisotopic (exact) mass is 286 g/mol. The minimum atomic E-state index is -0.417. The average molecular weight is 286 g/mol. The first-order valence-electron chi connectivity index (χ1n) is 5.89. The number of benzene rings is 1. The van der Waals surface area contributed by atoms with E-state index in [1.54, 1.807) is 23.8 Å². The third-order valence-corrected chi connectivity index (χ3v) is 3.53. The second kappa shape index (κ2) is 5.22. The largest absolute Gasteiger partial charge is 0.379 e. The molecule has 20 heavy (non-hydrogen) atoms. The zero-order valence-corrected chi connectivity index (χ0v) is 11.1. The number of rotatable bonds is 4. The van der Waals surface area contributed by atoms with Crippen LogP contribution in [0.5, 0.6) is 0 Å². The molecular weight excluding hydrogens is 276 g/mol. The molecule has 0 atom stereocenters. The smallest absolute Gasteiger partial charge is 0.295 e. The number of para-hydroxylation sites is 1. The number of nitrogens with zero attached hydrogens (tertiary/aromatic N) is 3. The average Bonchev–Trinajstić information content (AvgIpc) is 2.97. The molecule has 0 spiro atoms. The van der Waals surface area contributed by atoms with E-state index in [2.05, 4.69) is 15.3 Å². The van der Waals surface area contributed by atoms with E-state index in [0.717, 1.165) is 16.8 Å². The van der Waals surface area contributed by atoms with Crippen LogP contribution in [0.1, 0.15) is 5.69 Å². The topological polar surface area (TPSA) is 81.0 Å². The van der Waals surface area contributed by atoms with Gasteiger partial charge in [-0.3, -0.25) is 10.1 Å². The van der Waals surface area contributed by atoms with Gasteiger partial charge in [0.05, 0.1) is 22.7 Å². The molecule has 2 heterocycles. The van der Waals surface area contributed by atoms with Crippen molar-refractivity contribution in [3.8, 4) is 0 Å². The van der Waals surface area contributed by atoms with E-state index < -0.39 is 4.92 Å². The van der Waals surface area contributed by atoms with Crippen LogP contribution in [-0.4, -0.2) is 14.9 Å². The summed E-state index contributed by atoms with van der Waals surface area (Å²) >= 11 is 1.53.